The van der Waals surface area contributed by atoms with Crippen LogP contribution in [-0.2, 0) is 0 Å². The van der Waals surface area contributed by atoms with E-state index in [1.807, 2.05) is 25.2 Å². The molecule has 3 nitrogen and oxygen atoms in total. The summed E-state index contributed by atoms with van der Waals surface area (Å²) in [6, 6.07) is 7.80. The average molecular weight is 216 g/mol. The Hall–Kier alpha value is -1.69. The van der Waals surface area contributed by atoms with Crippen LogP contribution >= 0.6 is 0 Å². The minimum Gasteiger partial charge on any atom is -0.497 e. The Labute approximate surface area is 96.2 Å². The van der Waals surface area contributed by atoms with Crippen molar-refractivity contribution in [1.82, 2.24) is 0 Å². The predicted molar refractivity (Wildman–Crippen MR) is 63.7 cm³/mol. The van der Waals surface area contributed by atoms with Crippen molar-refractivity contribution in [3.8, 4) is 11.8 Å². The molecule has 1 aromatic rings. The SMILES string of the molecule is COc1ccc(C#N)c(N(C)CC2CC2)c1. The van der Waals surface area contributed by atoms with Crippen LogP contribution in [0.25, 0.3) is 0 Å². The molecule has 0 bridgehead atoms. The first-order valence-electron chi connectivity index (χ1n) is 5.54. The smallest absolute Gasteiger partial charge is 0.121 e. The van der Waals surface area contributed by atoms with Gasteiger partial charge in [-0.25, -0.2) is 0 Å². The molecule has 1 aliphatic rings. The minimum atomic E-state index is 0.712. The van der Waals surface area contributed by atoms with Gasteiger partial charge in [0, 0.05) is 19.7 Å². The number of hydrogen-bond acceptors (Lipinski definition) is 3. The summed E-state index contributed by atoms with van der Waals surface area (Å²) >= 11 is 0. The third-order valence-corrected chi connectivity index (χ3v) is 2.97. The van der Waals surface area contributed by atoms with Gasteiger partial charge in [-0.1, -0.05) is 0 Å². The summed E-state index contributed by atoms with van der Waals surface area (Å²) in [5, 5.41) is 9.06. The second-order valence-corrected chi connectivity index (χ2v) is 4.32. The van der Waals surface area contributed by atoms with E-state index in [9.17, 15) is 0 Å². The van der Waals surface area contributed by atoms with Crippen LogP contribution < -0.4 is 9.64 Å². The van der Waals surface area contributed by atoms with Crippen molar-refractivity contribution >= 4 is 5.69 Å². The van der Waals surface area contributed by atoms with Crippen LogP contribution in [0.1, 0.15) is 18.4 Å². The Morgan fingerprint density at radius 1 is 1.50 bits per heavy atom. The predicted octanol–water partition coefficient (Wildman–Crippen LogP) is 2.41. The van der Waals surface area contributed by atoms with E-state index in [0.717, 1.165) is 23.9 Å². The molecule has 0 saturated heterocycles. The third-order valence-electron chi connectivity index (χ3n) is 2.97. The van der Waals surface area contributed by atoms with E-state index in [1.54, 1.807) is 7.11 Å². The highest BCUT2D eigenvalue weighted by atomic mass is 16.5. The summed E-state index contributed by atoms with van der Waals surface area (Å²) in [7, 11) is 3.68. The monoisotopic (exact) mass is 216 g/mol. The molecule has 2 rings (SSSR count). The summed E-state index contributed by atoms with van der Waals surface area (Å²) in [5.41, 5.74) is 1.68. The highest BCUT2D eigenvalue weighted by molar-refractivity contribution is 5.61. The largest absolute Gasteiger partial charge is 0.497 e. The lowest BCUT2D eigenvalue weighted by molar-refractivity contribution is 0.415. The van der Waals surface area contributed by atoms with Crippen LogP contribution in [0.2, 0.25) is 0 Å². The van der Waals surface area contributed by atoms with E-state index in [2.05, 4.69) is 11.0 Å². The van der Waals surface area contributed by atoms with Gasteiger partial charge in [-0.15, -0.1) is 0 Å². The van der Waals surface area contributed by atoms with Gasteiger partial charge in [0.05, 0.1) is 18.4 Å². The van der Waals surface area contributed by atoms with Crippen LogP contribution in [0.5, 0.6) is 5.75 Å². The second-order valence-electron chi connectivity index (χ2n) is 4.32. The maximum absolute atomic E-state index is 9.06. The second kappa shape index (κ2) is 4.44. The molecule has 0 atom stereocenters. The molecule has 0 aromatic heterocycles. The normalized spacial score (nSPS) is 14.3. The van der Waals surface area contributed by atoms with E-state index in [-0.39, 0.29) is 0 Å². The zero-order valence-electron chi connectivity index (χ0n) is 9.73. The van der Waals surface area contributed by atoms with Gasteiger partial charge in [-0.05, 0) is 30.9 Å². The fourth-order valence-corrected chi connectivity index (χ4v) is 1.83. The number of methoxy groups -OCH3 is 1. The molecule has 0 radical (unpaired) electrons. The molecule has 0 N–H and O–H groups in total. The summed E-state index contributed by atoms with van der Waals surface area (Å²) in [6.07, 6.45) is 2.63. The number of nitriles is 1. The van der Waals surface area contributed by atoms with Gasteiger partial charge in [0.15, 0.2) is 0 Å². The van der Waals surface area contributed by atoms with Crippen LogP contribution in [0.3, 0.4) is 0 Å². The Balaban J connectivity index is 2.24. The fraction of sp³-hybridized carbons (Fsp3) is 0.462. The number of anilines is 1. The number of ether oxygens (including phenoxy) is 1. The first-order valence-corrected chi connectivity index (χ1v) is 5.54. The summed E-state index contributed by atoms with van der Waals surface area (Å²) < 4.78 is 5.19. The number of hydrogen-bond donors (Lipinski definition) is 0. The summed E-state index contributed by atoms with van der Waals surface area (Å²) in [5.74, 6) is 1.61. The molecule has 0 amide bonds. The molecule has 16 heavy (non-hydrogen) atoms. The lowest BCUT2D eigenvalue weighted by Gasteiger charge is -2.20. The Bertz CT molecular complexity index is 418. The van der Waals surface area contributed by atoms with Crippen molar-refractivity contribution < 1.29 is 4.74 Å². The van der Waals surface area contributed by atoms with Crippen molar-refractivity contribution in [2.75, 3.05) is 25.6 Å². The topological polar surface area (TPSA) is 36.3 Å². The highest BCUT2D eigenvalue weighted by Gasteiger charge is 2.23. The van der Waals surface area contributed by atoms with E-state index >= 15 is 0 Å². The van der Waals surface area contributed by atoms with Crippen LogP contribution in [0, 0.1) is 17.2 Å². The molecule has 3 heteroatoms. The number of rotatable bonds is 4. The van der Waals surface area contributed by atoms with Crippen molar-refractivity contribution in [1.29, 1.82) is 5.26 Å². The molecule has 0 heterocycles. The molecule has 1 aliphatic carbocycles. The molecule has 84 valence electrons. The van der Waals surface area contributed by atoms with Gasteiger partial charge >= 0.3 is 0 Å². The lowest BCUT2D eigenvalue weighted by Crippen LogP contribution is -2.20. The zero-order valence-corrected chi connectivity index (χ0v) is 9.73. The van der Waals surface area contributed by atoms with Crippen molar-refractivity contribution in [2.45, 2.75) is 12.8 Å². The highest BCUT2D eigenvalue weighted by Crippen LogP contribution is 2.32. The molecule has 1 fully saturated rings. The first kappa shape index (κ1) is 10.8. The molecule has 1 aromatic carbocycles. The van der Waals surface area contributed by atoms with Gasteiger partial charge in [-0.2, -0.15) is 5.26 Å². The fourth-order valence-electron chi connectivity index (χ4n) is 1.83. The zero-order chi connectivity index (χ0) is 11.5. The first-order chi connectivity index (χ1) is 7.74. The molecular weight excluding hydrogens is 200 g/mol. The standard InChI is InChI=1S/C13H16N2O/c1-15(9-10-3-4-10)13-7-12(16-2)6-5-11(13)8-14/h5-7,10H,3-4,9H2,1-2H3. The van der Waals surface area contributed by atoms with E-state index in [0.29, 0.717) is 5.56 Å². The molecular formula is C13H16N2O. The van der Waals surface area contributed by atoms with Gasteiger partial charge in [-0.3, -0.25) is 0 Å². The average Bonchev–Trinajstić information content (AvgIpc) is 3.12. The molecule has 1 saturated carbocycles. The quantitative estimate of drug-likeness (QED) is 0.775. The number of benzene rings is 1. The maximum Gasteiger partial charge on any atom is 0.121 e. The maximum atomic E-state index is 9.06. The lowest BCUT2D eigenvalue weighted by atomic mass is 10.1. The van der Waals surface area contributed by atoms with Crippen LogP contribution in [-0.4, -0.2) is 20.7 Å². The Morgan fingerprint density at radius 3 is 2.81 bits per heavy atom. The third kappa shape index (κ3) is 2.27. The molecule has 0 unspecified atom stereocenters. The van der Waals surface area contributed by atoms with Crippen molar-refractivity contribution in [3.63, 3.8) is 0 Å². The van der Waals surface area contributed by atoms with Gasteiger partial charge in [0.25, 0.3) is 0 Å². The number of nitrogens with zero attached hydrogens (tertiary/aromatic N) is 2. The van der Waals surface area contributed by atoms with Crippen molar-refractivity contribution in [3.05, 3.63) is 23.8 Å². The Kier molecular flexibility index (Phi) is 3.00. The molecule has 0 aliphatic heterocycles. The van der Waals surface area contributed by atoms with E-state index in [4.69, 9.17) is 10.00 Å². The Morgan fingerprint density at radius 2 is 2.25 bits per heavy atom. The van der Waals surface area contributed by atoms with Crippen LogP contribution in [0.4, 0.5) is 5.69 Å². The van der Waals surface area contributed by atoms with Crippen LogP contribution in [0.15, 0.2) is 18.2 Å². The van der Waals surface area contributed by atoms with E-state index < -0.39 is 0 Å². The van der Waals surface area contributed by atoms with Gasteiger partial charge in [0.1, 0.15) is 11.8 Å². The van der Waals surface area contributed by atoms with E-state index in [1.165, 1.54) is 12.8 Å². The molecule has 0 spiro atoms. The minimum absolute atomic E-state index is 0.712. The van der Waals surface area contributed by atoms with Gasteiger partial charge in [0.2, 0.25) is 0 Å². The van der Waals surface area contributed by atoms with Gasteiger partial charge < -0.3 is 9.64 Å². The van der Waals surface area contributed by atoms with Crippen molar-refractivity contribution in [2.24, 2.45) is 5.92 Å². The summed E-state index contributed by atoms with van der Waals surface area (Å²) in [4.78, 5) is 2.15. The summed E-state index contributed by atoms with van der Waals surface area (Å²) in [6.45, 7) is 1.03.